The van der Waals surface area contributed by atoms with Crippen molar-refractivity contribution in [3.8, 4) is 5.75 Å². The zero-order valence-corrected chi connectivity index (χ0v) is 14.4. The van der Waals surface area contributed by atoms with Gasteiger partial charge in [-0.1, -0.05) is 55.5 Å². The fourth-order valence-electron chi connectivity index (χ4n) is 2.16. The van der Waals surface area contributed by atoms with E-state index in [0.29, 0.717) is 0 Å². The van der Waals surface area contributed by atoms with Gasteiger partial charge in [-0.25, -0.2) is 0 Å². The summed E-state index contributed by atoms with van der Waals surface area (Å²) in [5.74, 6) is 0.993. The number of unbranched alkanes of at least 4 members (excludes halogenated alkanes) is 4. The number of halogens is 1. The highest BCUT2D eigenvalue weighted by molar-refractivity contribution is 9.10. The van der Waals surface area contributed by atoms with Crippen LogP contribution in [0.1, 0.15) is 57.9 Å². The Morgan fingerprint density at radius 3 is 2.60 bits per heavy atom. The summed E-state index contributed by atoms with van der Waals surface area (Å²) in [6.07, 6.45) is 8.18. The lowest BCUT2D eigenvalue weighted by Gasteiger charge is -2.15. The number of benzene rings is 1. The molecule has 0 aromatic heterocycles. The van der Waals surface area contributed by atoms with Crippen LogP contribution in [0.5, 0.6) is 5.75 Å². The fraction of sp³-hybridized carbons (Fsp3) is 0.647. The molecule has 2 N–H and O–H groups in total. The summed E-state index contributed by atoms with van der Waals surface area (Å²) in [6.45, 7) is 5.16. The van der Waals surface area contributed by atoms with Gasteiger partial charge in [-0.2, -0.15) is 0 Å². The van der Waals surface area contributed by atoms with Crippen molar-refractivity contribution in [3.63, 3.8) is 0 Å². The molecule has 0 saturated heterocycles. The molecule has 3 heteroatoms. The molecule has 0 aliphatic rings. The molecule has 0 bridgehead atoms. The lowest BCUT2D eigenvalue weighted by atomic mass is 10.0. The third kappa shape index (κ3) is 6.76. The van der Waals surface area contributed by atoms with Crippen LogP contribution in [0.2, 0.25) is 0 Å². The van der Waals surface area contributed by atoms with Crippen LogP contribution >= 0.6 is 15.9 Å². The summed E-state index contributed by atoms with van der Waals surface area (Å²) in [5, 5.41) is 0. The molecule has 1 rings (SSSR count). The molecule has 0 radical (unpaired) electrons. The van der Waals surface area contributed by atoms with Crippen LogP contribution in [0.3, 0.4) is 0 Å². The number of hydrogen-bond donors (Lipinski definition) is 1. The Labute approximate surface area is 132 Å². The van der Waals surface area contributed by atoms with Crippen LogP contribution in [-0.4, -0.2) is 12.6 Å². The topological polar surface area (TPSA) is 35.2 Å². The zero-order chi connectivity index (χ0) is 14.8. The molecule has 1 atom stereocenters. The van der Waals surface area contributed by atoms with Gasteiger partial charge < -0.3 is 10.5 Å². The molecule has 0 saturated carbocycles. The SMILES string of the molecule is CCCCCCCOc1ccc(Br)cc1CC(N)CC. The van der Waals surface area contributed by atoms with Gasteiger partial charge in [0.25, 0.3) is 0 Å². The Morgan fingerprint density at radius 1 is 1.15 bits per heavy atom. The van der Waals surface area contributed by atoms with E-state index in [1.54, 1.807) is 0 Å². The van der Waals surface area contributed by atoms with Crippen molar-refractivity contribution < 1.29 is 4.74 Å². The number of rotatable bonds is 10. The maximum Gasteiger partial charge on any atom is 0.122 e. The quantitative estimate of drug-likeness (QED) is 0.602. The second-order valence-electron chi connectivity index (χ2n) is 5.39. The van der Waals surface area contributed by atoms with Crippen LogP contribution in [0.15, 0.2) is 22.7 Å². The largest absolute Gasteiger partial charge is 0.493 e. The molecule has 1 unspecified atom stereocenters. The van der Waals surface area contributed by atoms with Gasteiger partial charge in [0.1, 0.15) is 5.75 Å². The first kappa shape index (κ1) is 17.5. The smallest absolute Gasteiger partial charge is 0.122 e. The van der Waals surface area contributed by atoms with E-state index in [-0.39, 0.29) is 6.04 Å². The molecule has 0 aliphatic heterocycles. The van der Waals surface area contributed by atoms with Gasteiger partial charge in [0, 0.05) is 10.5 Å². The number of ether oxygens (including phenoxy) is 1. The highest BCUT2D eigenvalue weighted by atomic mass is 79.9. The maximum absolute atomic E-state index is 6.06. The second-order valence-corrected chi connectivity index (χ2v) is 6.30. The first-order valence-corrected chi connectivity index (χ1v) is 8.63. The highest BCUT2D eigenvalue weighted by Gasteiger charge is 2.08. The van der Waals surface area contributed by atoms with Crippen molar-refractivity contribution in [2.24, 2.45) is 5.73 Å². The molecule has 0 fully saturated rings. The van der Waals surface area contributed by atoms with E-state index in [1.165, 1.54) is 31.2 Å². The molecule has 0 aliphatic carbocycles. The third-order valence-corrected chi connectivity index (χ3v) is 4.03. The lowest BCUT2D eigenvalue weighted by molar-refractivity contribution is 0.301. The van der Waals surface area contributed by atoms with Crippen molar-refractivity contribution in [2.75, 3.05) is 6.61 Å². The monoisotopic (exact) mass is 341 g/mol. The summed E-state index contributed by atoms with van der Waals surface area (Å²) in [5.41, 5.74) is 7.27. The van der Waals surface area contributed by atoms with Crippen LogP contribution in [0.4, 0.5) is 0 Å². The van der Waals surface area contributed by atoms with E-state index in [2.05, 4.69) is 35.8 Å². The van der Waals surface area contributed by atoms with Crippen LogP contribution in [0, 0.1) is 0 Å². The van der Waals surface area contributed by atoms with Crippen molar-refractivity contribution in [3.05, 3.63) is 28.2 Å². The predicted molar refractivity (Wildman–Crippen MR) is 90.4 cm³/mol. The molecule has 1 aromatic rings. The molecule has 20 heavy (non-hydrogen) atoms. The zero-order valence-electron chi connectivity index (χ0n) is 12.8. The van der Waals surface area contributed by atoms with Gasteiger partial charge in [-0.3, -0.25) is 0 Å². The van der Waals surface area contributed by atoms with Gasteiger partial charge in [-0.15, -0.1) is 0 Å². The second kappa shape index (κ2) is 10.2. The molecule has 0 amide bonds. The minimum Gasteiger partial charge on any atom is -0.493 e. The lowest BCUT2D eigenvalue weighted by Crippen LogP contribution is -2.21. The molecular formula is C17H28BrNO. The summed E-state index contributed by atoms with van der Waals surface area (Å²) >= 11 is 3.52. The van der Waals surface area contributed by atoms with E-state index in [1.807, 2.05) is 12.1 Å². The Balaban J connectivity index is 2.47. The van der Waals surface area contributed by atoms with Crippen molar-refractivity contribution in [1.29, 1.82) is 0 Å². The standard InChI is InChI=1S/C17H28BrNO/c1-3-5-6-7-8-11-20-17-10-9-15(18)12-14(17)13-16(19)4-2/h9-10,12,16H,3-8,11,13,19H2,1-2H3. The first-order valence-electron chi connectivity index (χ1n) is 7.84. The first-order chi connectivity index (χ1) is 9.67. The van der Waals surface area contributed by atoms with Gasteiger partial charge >= 0.3 is 0 Å². The minimum atomic E-state index is 0.205. The van der Waals surface area contributed by atoms with Crippen molar-refractivity contribution in [1.82, 2.24) is 0 Å². The average molecular weight is 342 g/mol. The molecular weight excluding hydrogens is 314 g/mol. The molecule has 0 spiro atoms. The Morgan fingerprint density at radius 2 is 1.90 bits per heavy atom. The van der Waals surface area contributed by atoms with Gasteiger partial charge in [0.05, 0.1) is 6.61 Å². The summed E-state index contributed by atoms with van der Waals surface area (Å²) < 4.78 is 7.03. The van der Waals surface area contributed by atoms with Gasteiger partial charge in [-0.05, 0) is 43.0 Å². The van der Waals surface area contributed by atoms with E-state index in [0.717, 1.165) is 36.1 Å². The Bertz CT molecular complexity index is 381. The highest BCUT2D eigenvalue weighted by Crippen LogP contribution is 2.25. The summed E-state index contributed by atoms with van der Waals surface area (Å²) in [4.78, 5) is 0. The Hall–Kier alpha value is -0.540. The van der Waals surface area contributed by atoms with E-state index < -0.39 is 0 Å². The predicted octanol–water partition coefficient (Wildman–Crippen LogP) is 5.08. The average Bonchev–Trinajstić information content (AvgIpc) is 2.44. The van der Waals surface area contributed by atoms with Gasteiger partial charge in [0.15, 0.2) is 0 Å². The van der Waals surface area contributed by atoms with Crippen LogP contribution in [0.25, 0.3) is 0 Å². The van der Waals surface area contributed by atoms with Crippen molar-refractivity contribution in [2.45, 2.75) is 64.8 Å². The Kier molecular flexibility index (Phi) is 8.95. The number of hydrogen-bond acceptors (Lipinski definition) is 2. The number of nitrogens with two attached hydrogens (primary N) is 1. The fourth-order valence-corrected chi connectivity index (χ4v) is 2.57. The molecule has 0 heterocycles. The van der Waals surface area contributed by atoms with E-state index >= 15 is 0 Å². The molecule has 2 nitrogen and oxygen atoms in total. The van der Waals surface area contributed by atoms with Crippen LogP contribution in [-0.2, 0) is 6.42 Å². The van der Waals surface area contributed by atoms with Crippen LogP contribution < -0.4 is 10.5 Å². The molecule has 114 valence electrons. The summed E-state index contributed by atoms with van der Waals surface area (Å²) in [6, 6.07) is 6.42. The third-order valence-electron chi connectivity index (χ3n) is 3.53. The molecule has 1 aromatic carbocycles. The summed E-state index contributed by atoms with van der Waals surface area (Å²) in [7, 11) is 0. The van der Waals surface area contributed by atoms with Crippen molar-refractivity contribution >= 4 is 15.9 Å². The maximum atomic E-state index is 6.06. The van der Waals surface area contributed by atoms with E-state index in [9.17, 15) is 0 Å². The van der Waals surface area contributed by atoms with Gasteiger partial charge in [0.2, 0.25) is 0 Å². The minimum absolute atomic E-state index is 0.205. The normalized spacial score (nSPS) is 12.4. The van der Waals surface area contributed by atoms with E-state index in [4.69, 9.17) is 10.5 Å².